The van der Waals surface area contributed by atoms with Gasteiger partial charge in [0.2, 0.25) is 5.91 Å². The number of benzene rings is 3. The first kappa shape index (κ1) is 18.2. The molecule has 7 heteroatoms. The van der Waals surface area contributed by atoms with E-state index in [0.29, 0.717) is 22.6 Å². The molecule has 4 aromatic rings. The highest BCUT2D eigenvalue weighted by Gasteiger charge is 2.13. The van der Waals surface area contributed by atoms with Gasteiger partial charge >= 0.3 is 0 Å². The summed E-state index contributed by atoms with van der Waals surface area (Å²) in [6, 6.07) is 17.2. The van der Waals surface area contributed by atoms with Gasteiger partial charge in [0, 0.05) is 35.0 Å². The highest BCUT2D eigenvalue weighted by molar-refractivity contribution is 6.09. The maximum absolute atomic E-state index is 12.4. The van der Waals surface area contributed by atoms with E-state index in [1.54, 1.807) is 18.2 Å². The predicted octanol–water partition coefficient (Wildman–Crippen LogP) is 5.15. The number of carbonyl (C=O) groups excluding carboxylic acids is 1. The van der Waals surface area contributed by atoms with Crippen LogP contribution in [-0.2, 0) is 4.79 Å². The van der Waals surface area contributed by atoms with E-state index in [4.69, 9.17) is 9.15 Å². The van der Waals surface area contributed by atoms with Crippen LogP contribution in [0.3, 0.4) is 0 Å². The number of para-hydroxylation sites is 1. The fourth-order valence-electron chi connectivity index (χ4n) is 3.11. The first-order valence-electron chi connectivity index (χ1n) is 8.78. The van der Waals surface area contributed by atoms with Crippen LogP contribution in [0.1, 0.15) is 5.56 Å². The van der Waals surface area contributed by atoms with Gasteiger partial charge in [0.15, 0.2) is 0 Å². The van der Waals surface area contributed by atoms with Gasteiger partial charge in [-0.1, -0.05) is 30.3 Å². The van der Waals surface area contributed by atoms with Crippen molar-refractivity contribution in [2.24, 2.45) is 0 Å². The summed E-state index contributed by atoms with van der Waals surface area (Å²) in [6.45, 7) is 0. The van der Waals surface area contributed by atoms with E-state index in [9.17, 15) is 14.9 Å². The molecular formula is C22H16N2O5. The molecule has 1 N–H and O–H groups in total. The Labute approximate surface area is 165 Å². The first-order valence-corrected chi connectivity index (χ1v) is 8.78. The Morgan fingerprint density at radius 1 is 1.07 bits per heavy atom. The number of rotatable bonds is 5. The van der Waals surface area contributed by atoms with Gasteiger partial charge in [-0.25, -0.2) is 0 Å². The second-order valence-electron chi connectivity index (χ2n) is 6.32. The van der Waals surface area contributed by atoms with Crippen molar-refractivity contribution in [2.45, 2.75) is 0 Å². The lowest BCUT2D eigenvalue weighted by Gasteiger charge is -2.09. The van der Waals surface area contributed by atoms with Crippen LogP contribution in [0, 0.1) is 10.1 Å². The molecule has 29 heavy (non-hydrogen) atoms. The van der Waals surface area contributed by atoms with Crippen LogP contribution in [-0.4, -0.2) is 17.9 Å². The average molecular weight is 388 g/mol. The van der Waals surface area contributed by atoms with Crippen molar-refractivity contribution in [2.75, 3.05) is 12.4 Å². The lowest BCUT2D eigenvalue weighted by atomic mass is 10.1. The monoisotopic (exact) mass is 388 g/mol. The second-order valence-corrected chi connectivity index (χ2v) is 6.32. The zero-order valence-corrected chi connectivity index (χ0v) is 15.4. The molecule has 0 aliphatic heterocycles. The van der Waals surface area contributed by atoms with Gasteiger partial charge in [-0.2, -0.15) is 0 Å². The number of methoxy groups -OCH3 is 1. The molecule has 1 heterocycles. The van der Waals surface area contributed by atoms with Crippen LogP contribution < -0.4 is 10.1 Å². The number of amides is 1. The third-order valence-corrected chi connectivity index (χ3v) is 4.46. The molecule has 0 radical (unpaired) electrons. The molecule has 7 nitrogen and oxygen atoms in total. The maximum Gasteiger partial charge on any atom is 0.270 e. The number of anilines is 1. The quantitative estimate of drug-likeness (QED) is 0.290. The van der Waals surface area contributed by atoms with Crippen LogP contribution in [0.15, 0.2) is 71.2 Å². The lowest BCUT2D eigenvalue weighted by Crippen LogP contribution is -2.08. The third-order valence-electron chi connectivity index (χ3n) is 4.46. The molecule has 0 fully saturated rings. The predicted molar refractivity (Wildman–Crippen MR) is 111 cm³/mol. The number of carbonyl (C=O) groups is 1. The summed E-state index contributed by atoms with van der Waals surface area (Å²) in [5, 5.41) is 15.5. The molecule has 0 spiro atoms. The Balaban J connectivity index is 1.61. The summed E-state index contributed by atoms with van der Waals surface area (Å²) in [4.78, 5) is 22.7. The number of furan rings is 1. The molecule has 0 saturated heterocycles. The van der Waals surface area contributed by atoms with Crippen LogP contribution in [0.25, 0.3) is 28.0 Å². The molecule has 3 aromatic carbocycles. The van der Waals surface area contributed by atoms with E-state index in [1.165, 1.54) is 31.4 Å². The van der Waals surface area contributed by atoms with E-state index in [-0.39, 0.29) is 5.69 Å². The van der Waals surface area contributed by atoms with E-state index < -0.39 is 10.8 Å². The van der Waals surface area contributed by atoms with Crippen LogP contribution in [0.4, 0.5) is 11.4 Å². The van der Waals surface area contributed by atoms with Gasteiger partial charge in [-0.3, -0.25) is 14.9 Å². The largest absolute Gasteiger partial charge is 0.495 e. The molecule has 0 bridgehead atoms. The number of nitrogens with zero attached hydrogens (tertiary/aromatic N) is 1. The lowest BCUT2D eigenvalue weighted by molar-refractivity contribution is -0.384. The molecular weight excluding hydrogens is 372 g/mol. The van der Waals surface area contributed by atoms with Gasteiger partial charge in [0.25, 0.3) is 5.69 Å². The number of nitro groups is 1. The maximum atomic E-state index is 12.4. The number of nitrogens with one attached hydrogen (secondary N) is 1. The Hall–Kier alpha value is -4.13. The summed E-state index contributed by atoms with van der Waals surface area (Å²) in [5.74, 6) is 0.103. The summed E-state index contributed by atoms with van der Waals surface area (Å²) in [5.41, 5.74) is 2.36. The SMILES string of the molecule is COc1cc2c(cc1NC(=O)/C=C/c1cccc([N+](=O)[O-])c1)oc1ccccc12. The Kier molecular flexibility index (Phi) is 4.70. The van der Waals surface area contributed by atoms with Crippen molar-refractivity contribution in [1.82, 2.24) is 0 Å². The van der Waals surface area contributed by atoms with E-state index in [2.05, 4.69) is 5.32 Å². The van der Waals surface area contributed by atoms with Crippen molar-refractivity contribution in [3.05, 3.63) is 82.4 Å². The zero-order valence-electron chi connectivity index (χ0n) is 15.4. The highest BCUT2D eigenvalue weighted by Crippen LogP contribution is 2.36. The highest BCUT2D eigenvalue weighted by atomic mass is 16.6. The van der Waals surface area contributed by atoms with Crippen molar-refractivity contribution in [3.63, 3.8) is 0 Å². The van der Waals surface area contributed by atoms with Crippen LogP contribution in [0.2, 0.25) is 0 Å². The number of fused-ring (bicyclic) bond motifs is 3. The molecule has 4 rings (SSSR count). The van der Waals surface area contributed by atoms with Gasteiger partial charge in [-0.15, -0.1) is 0 Å². The van der Waals surface area contributed by atoms with Gasteiger partial charge in [-0.05, 0) is 23.8 Å². The number of non-ortho nitro benzene ring substituents is 1. The third kappa shape index (κ3) is 3.66. The zero-order chi connectivity index (χ0) is 20.4. The molecule has 1 aromatic heterocycles. The van der Waals surface area contributed by atoms with Crippen molar-refractivity contribution < 1.29 is 18.9 Å². The Morgan fingerprint density at radius 3 is 2.69 bits per heavy atom. The van der Waals surface area contributed by atoms with E-state index in [0.717, 1.165) is 16.4 Å². The first-order chi connectivity index (χ1) is 14.0. The minimum Gasteiger partial charge on any atom is -0.495 e. The summed E-state index contributed by atoms with van der Waals surface area (Å²) in [6.07, 6.45) is 2.82. The van der Waals surface area contributed by atoms with Crippen LogP contribution >= 0.6 is 0 Å². The molecule has 0 aliphatic carbocycles. The van der Waals surface area contributed by atoms with Crippen molar-refractivity contribution in [1.29, 1.82) is 0 Å². The molecule has 144 valence electrons. The Morgan fingerprint density at radius 2 is 1.90 bits per heavy atom. The standard InChI is InChI=1S/C22H16N2O5/c1-28-21-12-17-16-7-2-3-8-19(16)29-20(17)13-18(21)23-22(25)10-9-14-5-4-6-15(11-14)24(26)27/h2-13H,1H3,(H,23,25)/b10-9+. The van der Waals surface area contributed by atoms with Gasteiger partial charge in [0.05, 0.1) is 17.7 Å². The molecule has 0 atom stereocenters. The number of hydrogen-bond donors (Lipinski definition) is 1. The van der Waals surface area contributed by atoms with Crippen LogP contribution in [0.5, 0.6) is 5.75 Å². The molecule has 0 aliphatic rings. The second kappa shape index (κ2) is 7.47. The summed E-state index contributed by atoms with van der Waals surface area (Å²) >= 11 is 0. The molecule has 0 saturated carbocycles. The minimum atomic E-state index is -0.481. The van der Waals surface area contributed by atoms with Crippen molar-refractivity contribution in [3.8, 4) is 5.75 Å². The Bertz CT molecular complexity index is 1270. The topological polar surface area (TPSA) is 94.6 Å². The number of ether oxygens (including phenoxy) is 1. The average Bonchev–Trinajstić information content (AvgIpc) is 3.09. The summed E-state index contributed by atoms with van der Waals surface area (Å²) < 4.78 is 11.3. The van der Waals surface area contributed by atoms with Gasteiger partial charge < -0.3 is 14.5 Å². The summed E-state index contributed by atoms with van der Waals surface area (Å²) in [7, 11) is 1.53. The van der Waals surface area contributed by atoms with Gasteiger partial charge in [0.1, 0.15) is 16.9 Å². The fraction of sp³-hybridized carbons (Fsp3) is 0.0455. The minimum absolute atomic E-state index is 0.0374. The smallest absolute Gasteiger partial charge is 0.270 e. The van der Waals surface area contributed by atoms with E-state index >= 15 is 0 Å². The number of hydrogen-bond acceptors (Lipinski definition) is 5. The molecule has 1 amide bonds. The fourth-order valence-corrected chi connectivity index (χ4v) is 3.11. The van der Waals surface area contributed by atoms with E-state index in [1.807, 2.05) is 30.3 Å². The number of nitro benzene ring substituents is 1. The normalized spacial score (nSPS) is 11.2. The molecule has 0 unspecified atom stereocenters. The van der Waals surface area contributed by atoms with Crippen molar-refractivity contribution >= 4 is 45.3 Å².